The van der Waals surface area contributed by atoms with E-state index in [0.29, 0.717) is 0 Å². The molecule has 0 aliphatic heterocycles. The summed E-state index contributed by atoms with van der Waals surface area (Å²) in [5, 5.41) is 0. The van der Waals surface area contributed by atoms with Gasteiger partial charge in [-0.25, -0.2) is 0 Å². The molecule has 0 aliphatic rings. The van der Waals surface area contributed by atoms with Gasteiger partial charge in [0.1, 0.15) is 5.75 Å². The molecule has 0 heterocycles. The van der Waals surface area contributed by atoms with E-state index in [9.17, 15) is 4.79 Å². The normalized spacial score (nSPS) is 10.9. The zero-order valence-electron chi connectivity index (χ0n) is 11.8. The van der Waals surface area contributed by atoms with Crippen molar-refractivity contribution in [1.82, 2.24) is 0 Å². The van der Waals surface area contributed by atoms with Crippen LogP contribution in [0.25, 0.3) is 6.08 Å². The smallest absolute Gasteiger partial charge is 0.180 e. The van der Waals surface area contributed by atoms with E-state index in [1.807, 2.05) is 48.9 Å². The number of hydrogen-bond donors (Lipinski definition) is 0. The van der Waals surface area contributed by atoms with Crippen LogP contribution < -0.4 is 4.74 Å². The van der Waals surface area contributed by atoms with Crippen LogP contribution in [0.15, 0.2) is 52.8 Å². The number of carbonyl (C=O) groups excluding carboxylic acids is 1. The Labute approximate surface area is 129 Å². The van der Waals surface area contributed by atoms with Gasteiger partial charge < -0.3 is 4.74 Å². The highest BCUT2D eigenvalue weighted by Gasteiger charge is 1.95. The predicted molar refractivity (Wildman–Crippen MR) is 91.3 cm³/mol. The van der Waals surface area contributed by atoms with Gasteiger partial charge in [-0.2, -0.15) is 0 Å². The zero-order chi connectivity index (χ0) is 14.8. The molecule has 0 N–H and O–H groups in total. The van der Waals surface area contributed by atoms with Gasteiger partial charge in [0.2, 0.25) is 0 Å². The molecule has 0 unspecified atom stereocenters. The van der Waals surface area contributed by atoms with Gasteiger partial charge in [0.25, 0.3) is 0 Å². The van der Waals surface area contributed by atoms with E-state index in [4.69, 9.17) is 4.74 Å². The molecule has 0 radical (unpaired) electrons. The van der Waals surface area contributed by atoms with Gasteiger partial charge in [-0.1, -0.05) is 30.4 Å². The molecule has 0 aliphatic carbocycles. The summed E-state index contributed by atoms with van der Waals surface area (Å²) in [4.78, 5) is 11.6. The first-order valence-electron chi connectivity index (χ1n) is 6.02. The lowest BCUT2D eigenvalue weighted by Gasteiger charge is -1.98. The van der Waals surface area contributed by atoms with Crippen LogP contribution in [0.1, 0.15) is 5.56 Å². The molecule has 0 spiro atoms. The highest BCUT2D eigenvalue weighted by molar-refractivity contribution is 8.21. The molecule has 0 saturated heterocycles. The Morgan fingerprint density at radius 3 is 2.30 bits per heavy atom. The Kier molecular flexibility index (Phi) is 7.92. The summed E-state index contributed by atoms with van der Waals surface area (Å²) in [6, 6.07) is 7.73. The van der Waals surface area contributed by atoms with Gasteiger partial charge in [-0.15, -0.1) is 23.5 Å². The van der Waals surface area contributed by atoms with Crippen LogP contribution in [0, 0.1) is 0 Å². The minimum Gasteiger partial charge on any atom is -0.497 e. The zero-order valence-corrected chi connectivity index (χ0v) is 13.5. The first-order chi connectivity index (χ1) is 9.69. The molecule has 20 heavy (non-hydrogen) atoms. The Morgan fingerprint density at radius 1 is 1.10 bits per heavy atom. The molecule has 106 valence electrons. The molecule has 1 rings (SSSR count). The molecular formula is C16H18O2S2. The third kappa shape index (κ3) is 6.17. The lowest BCUT2D eigenvalue weighted by molar-refractivity contribution is -0.110. The molecule has 1 aromatic rings. The summed E-state index contributed by atoms with van der Waals surface area (Å²) in [7, 11) is 1.64. The monoisotopic (exact) mass is 306 g/mol. The van der Waals surface area contributed by atoms with E-state index in [1.165, 1.54) is 0 Å². The number of hydrogen-bond acceptors (Lipinski definition) is 4. The SMILES string of the molecule is COc1ccc(/C=C/C=C/C(=O)C=C(SC)SC)cc1. The van der Waals surface area contributed by atoms with Crippen LogP contribution in [0.5, 0.6) is 5.75 Å². The maximum atomic E-state index is 11.6. The van der Waals surface area contributed by atoms with Gasteiger partial charge in [-0.3, -0.25) is 4.79 Å². The summed E-state index contributed by atoms with van der Waals surface area (Å²) in [6.07, 6.45) is 12.7. The van der Waals surface area contributed by atoms with Crippen LogP contribution in [-0.2, 0) is 4.79 Å². The molecular weight excluding hydrogens is 288 g/mol. The summed E-state index contributed by atoms with van der Waals surface area (Å²) in [5.74, 6) is 0.836. The van der Waals surface area contributed by atoms with Crippen LogP contribution in [0.2, 0.25) is 0 Å². The van der Waals surface area contributed by atoms with Crippen molar-refractivity contribution in [2.45, 2.75) is 0 Å². The number of methoxy groups -OCH3 is 1. The fourth-order valence-corrected chi connectivity index (χ4v) is 2.53. The van der Waals surface area contributed by atoms with Crippen molar-refractivity contribution in [2.24, 2.45) is 0 Å². The second-order valence-corrected chi connectivity index (χ2v) is 5.72. The Bertz CT molecular complexity index is 508. The van der Waals surface area contributed by atoms with Crippen LogP contribution in [0.4, 0.5) is 0 Å². The van der Waals surface area contributed by atoms with Gasteiger partial charge in [0.15, 0.2) is 5.78 Å². The van der Waals surface area contributed by atoms with E-state index >= 15 is 0 Å². The number of benzene rings is 1. The van der Waals surface area contributed by atoms with E-state index in [0.717, 1.165) is 15.6 Å². The lowest BCUT2D eigenvalue weighted by Crippen LogP contribution is -1.85. The third-order valence-electron chi connectivity index (χ3n) is 2.44. The fraction of sp³-hybridized carbons (Fsp3) is 0.188. The van der Waals surface area contributed by atoms with Crippen molar-refractivity contribution in [3.05, 3.63) is 58.4 Å². The predicted octanol–water partition coefficient (Wildman–Crippen LogP) is 4.40. The van der Waals surface area contributed by atoms with Crippen molar-refractivity contribution >= 4 is 35.4 Å². The molecule has 0 aromatic heterocycles. The summed E-state index contributed by atoms with van der Waals surface area (Å²) in [5.41, 5.74) is 1.06. The van der Waals surface area contributed by atoms with Crippen LogP contribution >= 0.6 is 23.5 Å². The molecule has 2 nitrogen and oxygen atoms in total. The number of ketones is 1. The Morgan fingerprint density at radius 2 is 1.75 bits per heavy atom. The highest BCUT2D eigenvalue weighted by atomic mass is 32.2. The topological polar surface area (TPSA) is 26.3 Å². The Balaban J connectivity index is 2.56. The number of ether oxygens (including phenoxy) is 1. The number of rotatable bonds is 7. The van der Waals surface area contributed by atoms with Crippen LogP contribution in [0.3, 0.4) is 0 Å². The quantitative estimate of drug-likeness (QED) is 0.551. The van der Waals surface area contributed by atoms with Gasteiger partial charge in [0, 0.05) is 10.3 Å². The van der Waals surface area contributed by atoms with Crippen molar-refractivity contribution in [3.8, 4) is 5.75 Å². The molecule has 0 saturated carbocycles. The maximum Gasteiger partial charge on any atom is 0.180 e. The summed E-state index contributed by atoms with van der Waals surface area (Å²) < 4.78 is 6.10. The largest absolute Gasteiger partial charge is 0.497 e. The van der Waals surface area contributed by atoms with E-state index < -0.39 is 0 Å². The maximum absolute atomic E-state index is 11.6. The van der Waals surface area contributed by atoms with Crippen molar-refractivity contribution < 1.29 is 9.53 Å². The van der Waals surface area contributed by atoms with Gasteiger partial charge in [0.05, 0.1) is 7.11 Å². The Hall–Kier alpha value is -1.39. The lowest BCUT2D eigenvalue weighted by atomic mass is 10.2. The summed E-state index contributed by atoms with van der Waals surface area (Å²) in [6.45, 7) is 0. The highest BCUT2D eigenvalue weighted by Crippen LogP contribution is 2.22. The molecule has 4 heteroatoms. The standard InChI is InChI=1S/C16H18O2S2/c1-18-15-10-8-13(9-11-15)6-4-5-7-14(17)12-16(19-2)20-3/h4-12H,1-3H3/b6-4+,7-5+. The van der Waals surface area contributed by atoms with E-state index in [2.05, 4.69) is 0 Å². The van der Waals surface area contributed by atoms with Crippen molar-refractivity contribution in [2.75, 3.05) is 19.6 Å². The van der Waals surface area contributed by atoms with Crippen LogP contribution in [-0.4, -0.2) is 25.4 Å². The first-order valence-corrected chi connectivity index (χ1v) is 8.47. The van der Waals surface area contributed by atoms with Crippen molar-refractivity contribution in [3.63, 3.8) is 0 Å². The third-order valence-corrected chi connectivity index (χ3v) is 4.48. The molecule has 0 atom stereocenters. The molecule has 1 aromatic carbocycles. The molecule has 0 bridgehead atoms. The summed E-state index contributed by atoms with van der Waals surface area (Å²) >= 11 is 3.15. The minimum absolute atomic E-state index is 0.00285. The van der Waals surface area contributed by atoms with Crippen molar-refractivity contribution in [1.29, 1.82) is 0 Å². The first kappa shape index (κ1) is 16.7. The number of thioether (sulfide) groups is 2. The number of allylic oxidation sites excluding steroid dienone is 4. The average Bonchev–Trinajstić information content (AvgIpc) is 2.49. The second-order valence-electron chi connectivity index (χ2n) is 3.77. The number of carbonyl (C=O) groups is 1. The molecule has 0 amide bonds. The molecule has 0 fully saturated rings. The van der Waals surface area contributed by atoms with Gasteiger partial charge >= 0.3 is 0 Å². The fourth-order valence-electron chi connectivity index (χ4n) is 1.40. The van der Waals surface area contributed by atoms with Gasteiger partial charge in [-0.05, 0) is 36.3 Å². The minimum atomic E-state index is 0.00285. The van der Waals surface area contributed by atoms with E-state index in [1.54, 1.807) is 48.9 Å². The van der Waals surface area contributed by atoms with E-state index in [-0.39, 0.29) is 5.78 Å². The second kappa shape index (κ2) is 9.50. The average molecular weight is 306 g/mol.